The summed E-state index contributed by atoms with van der Waals surface area (Å²) in [5.41, 5.74) is 0. The lowest BCUT2D eigenvalue weighted by atomic mass is 10.2. The Kier molecular flexibility index (Phi) is 5.86. The van der Waals surface area contributed by atoms with Crippen molar-refractivity contribution in [2.24, 2.45) is 0 Å². The third kappa shape index (κ3) is 4.88. The van der Waals surface area contributed by atoms with Crippen LogP contribution in [0.25, 0.3) is 0 Å². The topological polar surface area (TPSA) is 104 Å². The summed E-state index contributed by atoms with van der Waals surface area (Å²) in [6.45, 7) is 1.76. The van der Waals surface area contributed by atoms with E-state index in [1.807, 2.05) is 6.26 Å². The van der Waals surface area contributed by atoms with Crippen molar-refractivity contribution in [3.8, 4) is 0 Å². The van der Waals surface area contributed by atoms with Crippen LogP contribution in [0.4, 0.5) is 9.93 Å². The number of carbonyl (C=O) groups is 2. The molecule has 18 heavy (non-hydrogen) atoms. The number of nitrogens with zero attached hydrogens (tertiary/aromatic N) is 2. The standard InChI is InChI=1S/C9H14N4O3S2/c1-5-12-13-9(18-5)11-8(16)10-6(7(14)15)3-4-17-2/h6H,3-4H2,1-2H3,(H,14,15)(H2,10,11,13,16)/t6-/m1/s1. The molecule has 1 aromatic heterocycles. The number of aliphatic carboxylic acids is 1. The zero-order valence-electron chi connectivity index (χ0n) is 9.97. The fourth-order valence-corrected chi connectivity index (χ4v) is 2.19. The van der Waals surface area contributed by atoms with Gasteiger partial charge in [0.25, 0.3) is 0 Å². The van der Waals surface area contributed by atoms with Gasteiger partial charge in [-0.3, -0.25) is 5.32 Å². The molecule has 0 bridgehead atoms. The molecule has 7 nitrogen and oxygen atoms in total. The van der Waals surface area contributed by atoms with E-state index in [4.69, 9.17) is 5.11 Å². The van der Waals surface area contributed by atoms with Crippen LogP contribution in [-0.2, 0) is 4.79 Å². The highest BCUT2D eigenvalue weighted by Gasteiger charge is 2.19. The van der Waals surface area contributed by atoms with Gasteiger partial charge in [0, 0.05) is 0 Å². The number of nitrogens with one attached hydrogen (secondary N) is 2. The molecule has 2 amide bonds. The van der Waals surface area contributed by atoms with Gasteiger partial charge >= 0.3 is 12.0 Å². The zero-order chi connectivity index (χ0) is 13.5. The van der Waals surface area contributed by atoms with Gasteiger partial charge in [0.1, 0.15) is 11.0 Å². The Morgan fingerprint density at radius 2 is 2.22 bits per heavy atom. The first-order valence-corrected chi connectivity index (χ1v) is 7.33. The molecule has 9 heteroatoms. The molecule has 0 radical (unpaired) electrons. The van der Waals surface area contributed by atoms with Crippen LogP contribution in [0, 0.1) is 6.92 Å². The minimum Gasteiger partial charge on any atom is -0.480 e. The molecule has 0 aliphatic carbocycles. The number of carboxylic acid groups (broad SMARTS) is 1. The van der Waals surface area contributed by atoms with E-state index in [0.29, 0.717) is 17.3 Å². The number of aryl methyl sites for hydroxylation is 1. The van der Waals surface area contributed by atoms with Crippen LogP contribution in [0.3, 0.4) is 0 Å². The zero-order valence-corrected chi connectivity index (χ0v) is 11.6. The minimum absolute atomic E-state index is 0.346. The summed E-state index contributed by atoms with van der Waals surface area (Å²) in [5.74, 6) is -0.387. The molecule has 1 rings (SSSR count). The van der Waals surface area contributed by atoms with Crippen LogP contribution >= 0.6 is 23.1 Å². The number of thioether (sulfide) groups is 1. The highest BCUT2D eigenvalue weighted by atomic mass is 32.2. The van der Waals surface area contributed by atoms with Crippen molar-refractivity contribution in [2.75, 3.05) is 17.3 Å². The van der Waals surface area contributed by atoms with Gasteiger partial charge in [-0.25, -0.2) is 9.59 Å². The number of urea groups is 1. The van der Waals surface area contributed by atoms with Crippen LogP contribution in [0.1, 0.15) is 11.4 Å². The Balaban J connectivity index is 2.48. The normalized spacial score (nSPS) is 11.9. The van der Waals surface area contributed by atoms with Crippen LogP contribution < -0.4 is 10.6 Å². The average Bonchev–Trinajstić information content (AvgIpc) is 2.69. The Bertz CT molecular complexity index is 424. The molecule has 100 valence electrons. The quantitative estimate of drug-likeness (QED) is 0.726. The van der Waals surface area contributed by atoms with E-state index in [9.17, 15) is 9.59 Å². The number of rotatable bonds is 6. The van der Waals surface area contributed by atoms with Gasteiger partial charge in [-0.05, 0) is 25.4 Å². The molecular weight excluding hydrogens is 276 g/mol. The van der Waals surface area contributed by atoms with Crippen molar-refractivity contribution in [3.05, 3.63) is 5.01 Å². The maximum absolute atomic E-state index is 11.5. The third-order valence-electron chi connectivity index (χ3n) is 1.96. The number of hydrogen-bond acceptors (Lipinski definition) is 6. The van der Waals surface area contributed by atoms with Crippen LogP contribution in [0.5, 0.6) is 0 Å². The summed E-state index contributed by atoms with van der Waals surface area (Å²) in [4.78, 5) is 22.5. The molecule has 0 saturated heterocycles. The van der Waals surface area contributed by atoms with E-state index in [1.54, 1.807) is 6.92 Å². The molecular formula is C9H14N4O3S2. The van der Waals surface area contributed by atoms with Gasteiger partial charge < -0.3 is 10.4 Å². The summed E-state index contributed by atoms with van der Waals surface area (Å²) >= 11 is 2.75. The molecule has 0 spiro atoms. The molecule has 1 heterocycles. The second-order valence-electron chi connectivity index (χ2n) is 3.40. The largest absolute Gasteiger partial charge is 0.480 e. The fourth-order valence-electron chi connectivity index (χ4n) is 1.13. The monoisotopic (exact) mass is 290 g/mol. The van der Waals surface area contributed by atoms with E-state index >= 15 is 0 Å². The minimum atomic E-state index is -1.05. The number of hydrogen-bond donors (Lipinski definition) is 3. The van der Waals surface area contributed by atoms with E-state index in [2.05, 4.69) is 20.8 Å². The second-order valence-corrected chi connectivity index (χ2v) is 5.56. The van der Waals surface area contributed by atoms with Crippen LogP contribution in [0.2, 0.25) is 0 Å². The van der Waals surface area contributed by atoms with Gasteiger partial charge in [-0.15, -0.1) is 10.2 Å². The fraction of sp³-hybridized carbons (Fsp3) is 0.556. The third-order valence-corrected chi connectivity index (χ3v) is 3.36. The van der Waals surface area contributed by atoms with Crippen molar-refractivity contribution >= 4 is 40.2 Å². The van der Waals surface area contributed by atoms with Crippen molar-refractivity contribution in [1.29, 1.82) is 0 Å². The molecule has 1 atom stereocenters. The summed E-state index contributed by atoms with van der Waals surface area (Å²) < 4.78 is 0. The summed E-state index contributed by atoms with van der Waals surface area (Å²) in [6, 6.07) is -1.48. The second kappa shape index (κ2) is 7.17. The van der Waals surface area contributed by atoms with Crippen molar-refractivity contribution in [3.63, 3.8) is 0 Å². The highest BCUT2D eigenvalue weighted by molar-refractivity contribution is 7.98. The molecule has 0 fully saturated rings. The summed E-state index contributed by atoms with van der Waals surface area (Å²) in [5, 5.41) is 22.3. The van der Waals surface area contributed by atoms with Gasteiger partial charge in [-0.1, -0.05) is 11.3 Å². The number of carbonyl (C=O) groups excluding carboxylic acids is 1. The first-order valence-electron chi connectivity index (χ1n) is 5.12. The maximum Gasteiger partial charge on any atom is 0.326 e. The molecule has 0 aromatic carbocycles. The van der Waals surface area contributed by atoms with Crippen LogP contribution in [-0.4, -0.2) is 45.4 Å². The smallest absolute Gasteiger partial charge is 0.326 e. The first-order chi connectivity index (χ1) is 8.52. The van der Waals surface area contributed by atoms with Crippen LogP contribution in [0.15, 0.2) is 0 Å². The number of amides is 2. The van der Waals surface area contributed by atoms with Crippen molar-refractivity contribution < 1.29 is 14.7 Å². The van der Waals surface area contributed by atoms with E-state index < -0.39 is 18.0 Å². The van der Waals surface area contributed by atoms with Gasteiger partial charge in [-0.2, -0.15) is 11.8 Å². The van der Waals surface area contributed by atoms with Crippen molar-refractivity contribution in [2.45, 2.75) is 19.4 Å². The van der Waals surface area contributed by atoms with E-state index in [1.165, 1.54) is 23.1 Å². The molecule has 1 aromatic rings. The number of carboxylic acids is 1. The lowest BCUT2D eigenvalue weighted by Crippen LogP contribution is -2.43. The van der Waals surface area contributed by atoms with Gasteiger partial charge in [0.15, 0.2) is 0 Å². The Labute approximate surface area is 112 Å². The summed E-state index contributed by atoms with van der Waals surface area (Å²) in [6.07, 6.45) is 2.25. The molecule has 0 aliphatic heterocycles. The lowest BCUT2D eigenvalue weighted by Gasteiger charge is -2.13. The predicted octanol–water partition coefficient (Wildman–Crippen LogP) is 1.17. The van der Waals surface area contributed by atoms with Gasteiger partial charge in [0.2, 0.25) is 5.13 Å². The average molecular weight is 290 g/mol. The SMILES string of the molecule is CSCC[C@@H](NC(=O)Nc1nnc(C)s1)C(=O)O. The summed E-state index contributed by atoms with van der Waals surface area (Å²) in [7, 11) is 0. The Morgan fingerprint density at radius 3 is 2.72 bits per heavy atom. The molecule has 0 unspecified atom stereocenters. The number of aromatic nitrogens is 2. The first kappa shape index (κ1) is 14.7. The Hall–Kier alpha value is -1.35. The Morgan fingerprint density at radius 1 is 1.50 bits per heavy atom. The van der Waals surface area contributed by atoms with Gasteiger partial charge in [0.05, 0.1) is 0 Å². The molecule has 3 N–H and O–H groups in total. The van der Waals surface area contributed by atoms with Crippen molar-refractivity contribution in [1.82, 2.24) is 15.5 Å². The van der Waals surface area contributed by atoms with E-state index in [-0.39, 0.29) is 0 Å². The highest BCUT2D eigenvalue weighted by Crippen LogP contribution is 2.13. The molecule has 0 saturated carbocycles. The maximum atomic E-state index is 11.5. The predicted molar refractivity (Wildman–Crippen MR) is 71.2 cm³/mol. The molecule has 0 aliphatic rings. The lowest BCUT2D eigenvalue weighted by molar-refractivity contribution is -0.139. The van der Waals surface area contributed by atoms with E-state index in [0.717, 1.165) is 5.01 Å². The number of anilines is 1.